The smallest absolute Gasteiger partial charge is 0.228 e. The van der Waals surface area contributed by atoms with Crippen LogP contribution in [0.15, 0.2) is 6.20 Å². The van der Waals surface area contributed by atoms with Crippen molar-refractivity contribution in [3.8, 4) is 0 Å². The number of rotatable bonds is 5. The molecule has 5 nitrogen and oxygen atoms in total. The SMILES string of the molecule is Cc1[c-]cnc2c1NC(=O)CN2COCC[Si](C)(C)C.[W]. The van der Waals surface area contributed by atoms with Crippen molar-refractivity contribution in [2.45, 2.75) is 32.6 Å². The van der Waals surface area contributed by atoms with Gasteiger partial charge in [-0.3, -0.25) is 9.78 Å². The number of hydrogen-bond donors (Lipinski definition) is 1. The average molecular weight is 476 g/mol. The van der Waals surface area contributed by atoms with E-state index in [-0.39, 0.29) is 33.5 Å². The van der Waals surface area contributed by atoms with Crippen molar-refractivity contribution in [2.24, 2.45) is 0 Å². The predicted molar refractivity (Wildman–Crippen MR) is 82.8 cm³/mol. The van der Waals surface area contributed by atoms with Crippen LogP contribution in [0.3, 0.4) is 0 Å². The second-order valence-corrected chi connectivity index (χ2v) is 11.9. The molecule has 0 atom stereocenters. The standard InChI is InChI=1S/C14H22N3O2Si.W/c1-11-5-6-15-14-13(11)16-12(18)9-17(14)10-19-7-8-20(2,3)4;/h6H,7-10H2,1-4H3,(H,16,18);/q-1;. The summed E-state index contributed by atoms with van der Waals surface area (Å²) < 4.78 is 5.72. The van der Waals surface area contributed by atoms with E-state index in [2.05, 4.69) is 36.0 Å². The maximum Gasteiger partial charge on any atom is 0.228 e. The summed E-state index contributed by atoms with van der Waals surface area (Å²) in [5.74, 6) is 0.740. The Morgan fingerprint density at radius 3 is 2.86 bits per heavy atom. The van der Waals surface area contributed by atoms with Crippen molar-refractivity contribution < 1.29 is 30.6 Å². The Bertz CT molecular complexity index is 505. The fourth-order valence-corrected chi connectivity index (χ4v) is 2.73. The monoisotopic (exact) mass is 476 g/mol. The molecule has 21 heavy (non-hydrogen) atoms. The molecule has 0 bridgehead atoms. The topological polar surface area (TPSA) is 54.5 Å². The van der Waals surface area contributed by atoms with Crippen LogP contribution in [-0.2, 0) is 30.6 Å². The van der Waals surface area contributed by atoms with Gasteiger partial charge in [-0.2, -0.15) is 5.56 Å². The van der Waals surface area contributed by atoms with E-state index in [0.717, 1.165) is 29.7 Å². The molecule has 116 valence electrons. The summed E-state index contributed by atoms with van der Waals surface area (Å²) in [5.41, 5.74) is 1.65. The number of pyridine rings is 1. The zero-order chi connectivity index (χ0) is 14.8. The van der Waals surface area contributed by atoms with Gasteiger partial charge in [0.1, 0.15) is 6.73 Å². The normalized spacial score (nSPS) is 14.3. The zero-order valence-electron chi connectivity index (χ0n) is 13.0. The molecule has 0 saturated heterocycles. The summed E-state index contributed by atoms with van der Waals surface area (Å²) in [5, 5.41) is 2.85. The summed E-state index contributed by atoms with van der Waals surface area (Å²) in [6.45, 7) is 10.3. The molecule has 0 radical (unpaired) electrons. The number of carbonyl (C=O) groups is 1. The molecule has 0 aromatic carbocycles. The molecule has 0 spiro atoms. The van der Waals surface area contributed by atoms with E-state index in [9.17, 15) is 4.79 Å². The van der Waals surface area contributed by atoms with Gasteiger partial charge in [-0.25, -0.2) is 6.07 Å². The van der Waals surface area contributed by atoms with Gasteiger partial charge in [-0.05, 0) is 6.04 Å². The van der Waals surface area contributed by atoms with Gasteiger partial charge in [0.2, 0.25) is 5.91 Å². The van der Waals surface area contributed by atoms with Crippen LogP contribution in [0.2, 0.25) is 25.7 Å². The molecule has 1 aliphatic heterocycles. The summed E-state index contributed by atoms with van der Waals surface area (Å²) >= 11 is 0. The maximum absolute atomic E-state index is 11.7. The van der Waals surface area contributed by atoms with Crippen molar-refractivity contribution in [3.05, 3.63) is 17.8 Å². The van der Waals surface area contributed by atoms with Gasteiger partial charge in [0.15, 0.2) is 0 Å². The Morgan fingerprint density at radius 1 is 1.48 bits per heavy atom. The van der Waals surface area contributed by atoms with E-state index in [4.69, 9.17) is 4.74 Å². The van der Waals surface area contributed by atoms with Crippen LogP contribution in [0.1, 0.15) is 5.56 Å². The minimum absolute atomic E-state index is 0. The molecular formula is C14H22N3O2SiW-. The molecule has 0 aliphatic carbocycles. The molecule has 2 heterocycles. The molecule has 1 aromatic heterocycles. The van der Waals surface area contributed by atoms with Crippen molar-refractivity contribution >= 4 is 25.5 Å². The molecule has 1 aliphatic rings. The number of carbonyl (C=O) groups excluding carboxylic acids is 1. The zero-order valence-corrected chi connectivity index (χ0v) is 17.0. The van der Waals surface area contributed by atoms with E-state index >= 15 is 0 Å². The first-order chi connectivity index (χ1) is 9.37. The Kier molecular flexibility index (Phi) is 6.56. The Labute approximate surface area is 141 Å². The predicted octanol–water partition coefficient (Wildman–Crippen LogP) is 2.26. The third kappa shape index (κ3) is 5.20. The van der Waals surface area contributed by atoms with Crippen LogP contribution >= 0.6 is 0 Å². The van der Waals surface area contributed by atoms with Crippen LogP contribution < -0.4 is 10.2 Å². The second kappa shape index (κ2) is 7.52. The molecule has 2 rings (SSSR count). The van der Waals surface area contributed by atoms with E-state index in [1.807, 2.05) is 11.8 Å². The number of nitrogens with zero attached hydrogens (tertiary/aromatic N) is 2. The quantitative estimate of drug-likeness (QED) is 0.403. The number of amides is 1. The van der Waals surface area contributed by atoms with Crippen molar-refractivity contribution in [3.63, 3.8) is 0 Å². The van der Waals surface area contributed by atoms with Gasteiger partial charge >= 0.3 is 0 Å². The molecule has 1 amide bonds. The number of fused-ring (bicyclic) bond motifs is 1. The van der Waals surface area contributed by atoms with Crippen molar-refractivity contribution in [2.75, 3.05) is 30.1 Å². The summed E-state index contributed by atoms with van der Waals surface area (Å²) in [6.07, 6.45) is 1.64. The molecule has 0 unspecified atom stereocenters. The largest absolute Gasteiger partial charge is 0.399 e. The molecule has 7 heteroatoms. The Morgan fingerprint density at radius 2 is 2.19 bits per heavy atom. The van der Waals surface area contributed by atoms with E-state index < -0.39 is 8.07 Å². The van der Waals surface area contributed by atoms with Crippen LogP contribution in [0.4, 0.5) is 11.5 Å². The van der Waals surface area contributed by atoms with E-state index in [1.54, 1.807) is 6.20 Å². The van der Waals surface area contributed by atoms with Crippen LogP contribution in [-0.4, -0.2) is 38.8 Å². The first-order valence-electron chi connectivity index (χ1n) is 6.87. The van der Waals surface area contributed by atoms with E-state index in [0.29, 0.717) is 6.73 Å². The number of anilines is 2. The van der Waals surface area contributed by atoms with Crippen LogP contribution in [0.25, 0.3) is 0 Å². The maximum atomic E-state index is 11.7. The second-order valence-electron chi connectivity index (χ2n) is 6.32. The minimum atomic E-state index is -1.08. The average Bonchev–Trinajstić information content (AvgIpc) is 2.34. The van der Waals surface area contributed by atoms with Crippen molar-refractivity contribution in [1.29, 1.82) is 0 Å². The van der Waals surface area contributed by atoms with Crippen LogP contribution in [0, 0.1) is 13.0 Å². The van der Waals surface area contributed by atoms with Crippen LogP contribution in [0.5, 0.6) is 0 Å². The minimum Gasteiger partial charge on any atom is -0.399 e. The number of hydrogen-bond acceptors (Lipinski definition) is 4. The third-order valence-electron chi connectivity index (χ3n) is 3.21. The van der Waals surface area contributed by atoms with Crippen molar-refractivity contribution in [1.82, 2.24) is 4.98 Å². The summed E-state index contributed by atoms with van der Waals surface area (Å²) in [7, 11) is -1.08. The Balaban J connectivity index is 0.00000220. The molecule has 1 aromatic rings. The molecule has 0 fully saturated rings. The first kappa shape index (κ1) is 18.3. The van der Waals surface area contributed by atoms with Gasteiger partial charge in [0.05, 0.1) is 12.4 Å². The molecule has 0 saturated carbocycles. The number of ether oxygens (including phenoxy) is 1. The van der Waals surface area contributed by atoms with Gasteiger partial charge in [0, 0.05) is 35.7 Å². The fourth-order valence-electron chi connectivity index (χ4n) is 1.97. The van der Waals surface area contributed by atoms with Gasteiger partial charge in [-0.1, -0.05) is 38.4 Å². The van der Waals surface area contributed by atoms with Gasteiger partial charge < -0.3 is 15.0 Å². The molecule has 1 N–H and O–H groups in total. The van der Waals surface area contributed by atoms with Gasteiger partial charge in [-0.15, -0.1) is 0 Å². The Hall–Kier alpha value is -0.715. The number of aryl methyl sites for hydroxylation is 1. The summed E-state index contributed by atoms with van der Waals surface area (Å²) in [4.78, 5) is 17.9. The number of aromatic nitrogens is 1. The van der Waals surface area contributed by atoms with Gasteiger partial charge in [0.25, 0.3) is 0 Å². The first-order valence-corrected chi connectivity index (χ1v) is 10.6. The molecular weight excluding hydrogens is 454 g/mol. The van der Waals surface area contributed by atoms with E-state index in [1.165, 1.54) is 0 Å². The number of nitrogens with one attached hydrogen (secondary N) is 1. The fraction of sp³-hybridized carbons (Fsp3) is 0.571. The third-order valence-corrected chi connectivity index (χ3v) is 4.91. The summed E-state index contributed by atoms with van der Waals surface area (Å²) in [6, 6.07) is 4.12.